The van der Waals surface area contributed by atoms with Crippen molar-refractivity contribution in [2.24, 2.45) is 0 Å². The summed E-state index contributed by atoms with van der Waals surface area (Å²) >= 11 is 3.54. The molecule has 0 spiro atoms. The molecule has 1 aromatic heterocycles. The number of rotatable bonds is 10. The van der Waals surface area contributed by atoms with Crippen LogP contribution in [0.1, 0.15) is 71.1 Å². The van der Waals surface area contributed by atoms with Crippen LogP contribution in [0.25, 0.3) is 11.3 Å². The molecule has 0 radical (unpaired) electrons. The molecule has 2 aromatic rings. The first-order valence-corrected chi connectivity index (χ1v) is 11.1. The van der Waals surface area contributed by atoms with Gasteiger partial charge in [0.15, 0.2) is 0 Å². The number of halogens is 1. The Kier molecular flexibility index (Phi) is 7.60. The van der Waals surface area contributed by atoms with Crippen molar-refractivity contribution in [3.63, 3.8) is 0 Å². The van der Waals surface area contributed by atoms with Gasteiger partial charge in [0.25, 0.3) is 0 Å². The predicted octanol–water partition coefficient (Wildman–Crippen LogP) is 7.03. The van der Waals surface area contributed by atoms with E-state index in [4.69, 9.17) is 4.98 Å². The number of benzene rings is 1. The van der Waals surface area contributed by atoms with Gasteiger partial charge in [-0.15, -0.1) is 0 Å². The first-order valence-electron chi connectivity index (χ1n) is 10.4. The standard InChI is InChI=1S/C22H32BrN3/c1-2-3-4-5-6-9-16-26-21(18-12-14-19(23)15-13-18)17-24-22(26)25-20-10-7-8-11-20/h12-15,17,20H,2-11,16H2,1H3,(H,24,25). The summed E-state index contributed by atoms with van der Waals surface area (Å²) in [5.41, 5.74) is 2.47. The molecule has 0 unspecified atom stereocenters. The van der Waals surface area contributed by atoms with Gasteiger partial charge in [0, 0.05) is 17.1 Å². The first kappa shape index (κ1) is 19.5. The van der Waals surface area contributed by atoms with Gasteiger partial charge < -0.3 is 9.88 Å². The number of aromatic nitrogens is 2. The molecule has 3 nitrogen and oxygen atoms in total. The van der Waals surface area contributed by atoms with E-state index in [9.17, 15) is 0 Å². The number of hydrogen-bond acceptors (Lipinski definition) is 2. The summed E-state index contributed by atoms with van der Waals surface area (Å²) in [4.78, 5) is 4.75. The zero-order chi connectivity index (χ0) is 18.2. The van der Waals surface area contributed by atoms with Crippen LogP contribution in [0.15, 0.2) is 34.9 Å². The van der Waals surface area contributed by atoms with E-state index >= 15 is 0 Å². The van der Waals surface area contributed by atoms with Crippen LogP contribution < -0.4 is 5.32 Å². The minimum atomic E-state index is 0.596. The Morgan fingerprint density at radius 1 is 1.04 bits per heavy atom. The summed E-state index contributed by atoms with van der Waals surface area (Å²) in [7, 11) is 0. The molecule has 1 aromatic carbocycles. The highest BCUT2D eigenvalue weighted by Crippen LogP contribution is 2.28. The summed E-state index contributed by atoms with van der Waals surface area (Å²) in [6.07, 6.45) is 15.2. The van der Waals surface area contributed by atoms with E-state index in [1.807, 2.05) is 6.20 Å². The number of hydrogen-bond donors (Lipinski definition) is 1. The van der Waals surface area contributed by atoms with Gasteiger partial charge in [-0.3, -0.25) is 0 Å². The molecule has 0 saturated heterocycles. The predicted molar refractivity (Wildman–Crippen MR) is 115 cm³/mol. The van der Waals surface area contributed by atoms with Crippen molar-refractivity contribution in [1.82, 2.24) is 9.55 Å². The Morgan fingerprint density at radius 3 is 2.46 bits per heavy atom. The fourth-order valence-corrected chi connectivity index (χ4v) is 4.14. The zero-order valence-electron chi connectivity index (χ0n) is 16.0. The largest absolute Gasteiger partial charge is 0.353 e. The van der Waals surface area contributed by atoms with Crippen molar-refractivity contribution >= 4 is 21.9 Å². The van der Waals surface area contributed by atoms with Crippen molar-refractivity contribution in [1.29, 1.82) is 0 Å². The molecule has 1 aliphatic rings. The molecule has 0 bridgehead atoms. The SMILES string of the molecule is CCCCCCCCn1c(-c2ccc(Br)cc2)cnc1NC1CCCC1. The van der Waals surface area contributed by atoms with Crippen LogP contribution in [0.3, 0.4) is 0 Å². The van der Waals surface area contributed by atoms with E-state index < -0.39 is 0 Å². The van der Waals surface area contributed by atoms with Gasteiger partial charge in [-0.2, -0.15) is 0 Å². The minimum absolute atomic E-state index is 0.596. The van der Waals surface area contributed by atoms with E-state index in [0.29, 0.717) is 6.04 Å². The first-order chi connectivity index (χ1) is 12.8. The second-order valence-electron chi connectivity index (χ2n) is 7.52. The number of nitrogens with one attached hydrogen (secondary N) is 1. The zero-order valence-corrected chi connectivity index (χ0v) is 17.6. The van der Waals surface area contributed by atoms with Crippen molar-refractivity contribution < 1.29 is 0 Å². The van der Waals surface area contributed by atoms with Crippen LogP contribution in [-0.2, 0) is 6.54 Å². The molecular weight excluding hydrogens is 386 g/mol. The lowest BCUT2D eigenvalue weighted by molar-refractivity contribution is 0.559. The van der Waals surface area contributed by atoms with Gasteiger partial charge in [-0.1, -0.05) is 79.9 Å². The molecular formula is C22H32BrN3. The lowest BCUT2D eigenvalue weighted by atomic mass is 10.1. The second kappa shape index (κ2) is 10.1. The van der Waals surface area contributed by atoms with Crippen molar-refractivity contribution in [2.75, 3.05) is 5.32 Å². The van der Waals surface area contributed by atoms with E-state index in [2.05, 4.69) is 57.0 Å². The van der Waals surface area contributed by atoms with E-state index in [1.54, 1.807) is 0 Å². The Bertz CT molecular complexity index is 657. The maximum atomic E-state index is 4.75. The molecule has 1 heterocycles. The highest BCUT2D eigenvalue weighted by Gasteiger charge is 2.18. The normalized spacial score (nSPS) is 14.8. The molecule has 0 atom stereocenters. The molecule has 4 heteroatoms. The fourth-order valence-electron chi connectivity index (χ4n) is 3.87. The van der Waals surface area contributed by atoms with Crippen molar-refractivity contribution in [3.8, 4) is 11.3 Å². The van der Waals surface area contributed by atoms with Crippen molar-refractivity contribution in [3.05, 3.63) is 34.9 Å². The third-order valence-corrected chi connectivity index (χ3v) is 5.95. The molecule has 0 amide bonds. The molecule has 1 aliphatic carbocycles. The monoisotopic (exact) mass is 417 g/mol. The van der Waals surface area contributed by atoms with Gasteiger partial charge >= 0.3 is 0 Å². The fraction of sp³-hybridized carbons (Fsp3) is 0.591. The summed E-state index contributed by atoms with van der Waals surface area (Å²) in [5.74, 6) is 1.06. The van der Waals surface area contributed by atoms with Crippen LogP contribution in [0.5, 0.6) is 0 Å². The highest BCUT2D eigenvalue weighted by molar-refractivity contribution is 9.10. The summed E-state index contributed by atoms with van der Waals surface area (Å²) in [5, 5.41) is 3.71. The maximum Gasteiger partial charge on any atom is 0.203 e. The van der Waals surface area contributed by atoms with Gasteiger partial charge in [0.1, 0.15) is 0 Å². The molecule has 0 aliphatic heterocycles. The van der Waals surface area contributed by atoms with Crippen LogP contribution in [-0.4, -0.2) is 15.6 Å². The van der Waals surface area contributed by atoms with E-state index in [0.717, 1.165) is 17.0 Å². The Hall–Kier alpha value is -1.29. The summed E-state index contributed by atoms with van der Waals surface area (Å²) < 4.78 is 3.52. The van der Waals surface area contributed by atoms with E-state index in [1.165, 1.54) is 75.5 Å². The topological polar surface area (TPSA) is 29.9 Å². The quantitative estimate of drug-likeness (QED) is 0.420. The van der Waals surface area contributed by atoms with Crippen LogP contribution in [0, 0.1) is 0 Å². The molecule has 1 fully saturated rings. The average molecular weight is 418 g/mol. The molecule has 3 rings (SSSR count). The van der Waals surface area contributed by atoms with Gasteiger partial charge in [-0.25, -0.2) is 4.98 Å². The number of imidazole rings is 1. The van der Waals surface area contributed by atoms with Crippen LogP contribution >= 0.6 is 15.9 Å². The summed E-state index contributed by atoms with van der Waals surface area (Å²) in [6, 6.07) is 9.18. The third-order valence-electron chi connectivity index (χ3n) is 5.42. The highest BCUT2D eigenvalue weighted by atomic mass is 79.9. The second-order valence-corrected chi connectivity index (χ2v) is 8.43. The lowest BCUT2D eigenvalue weighted by Crippen LogP contribution is -2.18. The molecule has 1 N–H and O–H groups in total. The molecule has 142 valence electrons. The summed E-state index contributed by atoms with van der Waals surface area (Å²) in [6.45, 7) is 3.32. The van der Waals surface area contributed by atoms with Crippen LogP contribution in [0.4, 0.5) is 5.95 Å². The molecule has 26 heavy (non-hydrogen) atoms. The van der Waals surface area contributed by atoms with Crippen LogP contribution in [0.2, 0.25) is 0 Å². The van der Waals surface area contributed by atoms with Gasteiger partial charge in [-0.05, 0) is 37.0 Å². The van der Waals surface area contributed by atoms with Gasteiger partial charge in [0.2, 0.25) is 5.95 Å². The smallest absolute Gasteiger partial charge is 0.203 e. The van der Waals surface area contributed by atoms with Crippen molar-refractivity contribution in [2.45, 2.75) is 83.7 Å². The van der Waals surface area contributed by atoms with E-state index in [-0.39, 0.29) is 0 Å². The molecule has 1 saturated carbocycles. The number of unbranched alkanes of at least 4 members (excludes halogenated alkanes) is 5. The maximum absolute atomic E-state index is 4.75. The Labute approximate surface area is 166 Å². The Morgan fingerprint density at radius 2 is 1.73 bits per heavy atom. The third kappa shape index (κ3) is 5.35. The lowest BCUT2D eigenvalue weighted by Gasteiger charge is -2.17. The number of anilines is 1. The average Bonchev–Trinajstić information content (AvgIpc) is 3.30. The Balaban J connectivity index is 1.70. The van der Waals surface area contributed by atoms with Gasteiger partial charge in [0.05, 0.1) is 11.9 Å². The number of nitrogens with zero attached hydrogens (tertiary/aromatic N) is 2. The minimum Gasteiger partial charge on any atom is -0.353 e.